The topological polar surface area (TPSA) is 63.3 Å². The minimum absolute atomic E-state index is 0. The zero-order valence-corrected chi connectivity index (χ0v) is 6.31. The van der Waals surface area contributed by atoms with Gasteiger partial charge in [0.15, 0.2) is 0 Å². The van der Waals surface area contributed by atoms with Crippen molar-refractivity contribution in [3.8, 4) is 0 Å². The van der Waals surface area contributed by atoms with E-state index in [1.807, 2.05) is 0 Å². The Labute approximate surface area is 65.9 Å². The highest BCUT2D eigenvalue weighted by atomic mass is 35.5. The van der Waals surface area contributed by atoms with Crippen molar-refractivity contribution in [2.24, 2.45) is 5.73 Å². The Bertz CT molecular complexity index is 50.5. The molecule has 0 aromatic rings. The van der Waals surface area contributed by atoms with Gasteiger partial charge in [-0.25, -0.2) is 0 Å². The first kappa shape index (κ1) is 23.9. The van der Waals surface area contributed by atoms with Crippen LogP contribution in [0.4, 0.5) is 0 Å². The number of aliphatic hydroxyl groups is 1. The van der Waals surface area contributed by atoms with Crippen LogP contribution in [0.3, 0.4) is 0 Å². The van der Waals surface area contributed by atoms with E-state index in [9.17, 15) is 4.79 Å². The molecule has 8 heavy (non-hydrogen) atoms. The number of carbonyl (C=O) groups excluding carboxylic acids is 1. The first-order valence-corrected chi connectivity index (χ1v) is 1.16. The molecule has 0 aromatic heterocycles. The van der Waals surface area contributed by atoms with Crippen molar-refractivity contribution >= 4 is 43.1 Å². The van der Waals surface area contributed by atoms with Gasteiger partial charge in [-0.3, -0.25) is 4.79 Å². The number of halogens is 3. The predicted molar refractivity (Wildman–Crippen MR) is 38.0 cm³/mol. The van der Waals surface area contributed by atoms with Crippen LogP contribution < -0.4 is 5.73 Å². The summed E-state index contributed by atoms with van der Waals surface area (Å²) >= 11 is 0. The van der Waals surface area contributed by atoms with Gasteiger partial charge in [0.2, 0.25) is 5.91 Å². The number of aliphatic hydroxyl groups excluding tert-OH is 1. The molecule has 0 radical (unpaired) electrons. The maximum atomic E-state index is 9.34. The van der Waals surface area contributed by atoms with Crippen LogP contribution >= 0.6 is 37.2 Å². The fraction of sp³-hybridized carbons (Fsp3) is 0.500. The summed E-state index contributed by atoms with van der Waals surface area (Å²) < 4.78 is 0. The summed E-state index contributed by atoms with van der Waals surface area (Å²) in [6.45, 7) is -0.556. The van der Waals surface area contributed by atoms with Crippen molar-refractivity contribution < 1.29 is 9.90 Å². The lowest BCUT2D eigenvalue weighted by atomic mass is 10.7. The van der Waals surface area contributed by atoms with Gasteiger partial charge in [0.25, 0.3) is 0 Å². The normalized spacial score (nSPS) is 4.62. The predicted octanol–water partition coefficient (Wildman–Crippen LogP) is -0.271. The second-order valence-electron chi connectivity index (χ2n) is 0.624. The molecule has 0 aliphatic carbocycles. The van der Waals surface area contributed by atoms with Crippen molar-refractivity contribution in [1.29, 1.82) is 0 Å². The average molecular weight is 184 g/mol. The number of carbonyl (C=O) groups is 1. The third-order valence-corrected chi connectivity index (χ3v) is 0.156. The van der Waals surface area contributed by atoms with Crippen molar-refractivity contribution in [1.82, 2.24) is 0 Å². The molecule has 1 amide bonds. The third kappa shape index (κ3) is 33.5. The summed E-state index contributed by atoms with van der Waals surface area (Å²) in [5.74, 6) is -0.690. The Morgan fingerprint density at radius 3 is 1.50 bits per heavy atom. The van der Waals surface area contributed by atoms with Gasteiger partial charge in [-0.2, -0.15) is 0 Å². The number of rotatable bonds is 1. The number of hydrogen-bond acceptors (Lipinski definition) is 2. The van der Waals surface area contributed by atoms with E-state index in [0.29, 0.717) is 0 Å². The van der Waals surface area contributed by atoms with E-state index in [2.05, 4.69) is 5.73 Å². The molecule has 3 nitrogen and oxygen atoms in total. The van der Waals surface area contributed by atoms with Gasteiger partial charge in [0.1, 0.15) is 6.61 Å². The lowest BCUT2D eigenvalue weighted by Crippen LogP contribution is -2.14. The van der Waals surface area contributed by atoms with Crippen LogP contribution in [0, 0.1) is 0 Å². The van der Waals surface area contributed by atoms with E-state index in [1.165, 1.54) is 0 Å². The van der Waals surface area contributed by atoms with Gasteiger partial charge in [0.05, 0.1) is 0 Å². The van der Waals surface area contributed by atoms with E-state index in [1.54, 1.807) is 0 Å². The van der Waals surface area contributed by atoms with Gasteiger partial charge >= 0.3 is 0 Å². The molecule has 0 aromatic carbocycles. The first-order chi connectivity index (χ1) is 2.27. The van der Waals surface area contributed by atoms with Crippen LogP contribution in [-0.2, 0) is 4.79 Å². The summed E-state index contributed by atoms with van der Waals surface area (Å²) in [7, 11) is 0. The molecule has 0 aliphatic heterocycles. The van der Waals surface area contributed by atoms with Gasteiger partial charge < -0.3 is 10.8 Å². The summed E-state index contributed by atoms with van der Waals surface area (Å²) in [6.07, 6.45) is 0. The summed E-state index contributed by atoms with van der Waals surface area (Å²) in [5, 5.41) is 7.67. The lowest BCUT2D eigenvalue weighted by Gasteiger charge is -1.73. The summed E-state index contributed by atoms with van der Waals surface area (Å²) in [6, 6.07) is 0. The number of amides is 1. The van der Waals surface area contributed by atoms with Crippen molar-refractivity contribution in [3.63, 3.8) is 0 Å². The van der Waals surface area contributed by atoms with Crippen molar-refractivity contribution in [3.05, 3.63) is 0 Å². The zero-order valence-electron chi connectivity index (χ0n) is 3.86. The Kier molecular flexibility index (Phi) is 46.9. The molecule has 3 N–H and O–H groups in total. The second kappa shape index (κ2) is 15.7. The fourth-order valence-electron chi connectivity index (χ4n) is 0. The first-order valence-electron chi connectivity index (χ1n) is 1.16. The van der Waals surface area contributed by atoms with Crippen LogP contribution in [0.1, 0.15) is 0 Å². The van der Waals surface area contributed by atoms with Crippen LogP contribution in [-0.4, -0.2) is 17.6 Å². The molecule has 0 heterocycles. The zero-order chi connectivity index (χ0) is 4.28. The van der Waals surface area contributed by atoms with E-state index >= 15 is 0 Å². The van der Waals surface area contributed by atoms with Crippen LogP contribution in [0.25, 0.3) is 0 Å². The smallest absolute Gasteiger partial charge is 0.243 e. The minimum Gasteiger partial charge on any atom is -0.387 e. The van der Waals surface area contributed by atoms with E-state index in [0.717, 1.165) is 0 Å². The van der Waals surface area contributed by atoms with E-state index in [4.69, 9.17) is 5.11 Å². The largest absolute Gasteiger partial charge is 0.387 e. The molecule has 0 atom stereocenters. The molecule has 0 fully saturated rings. The standard InChI is InChI=1S/C2H5NO2.3ClH/c3-2(5)1-4;;;/h4H,1H2,(H2,3,5);3*1H. The SMILES string of the molecule is Cl.Cl.Cl.NC(=O)CO. The summed E-state index contributed by atoms with van der Waals surface area (Å²) in [4.78, 5) is 9.34. The molecule has 0 unspecified atom stereocenters. The highest BCUT2D eigenvalue weighted by molar-refractivity contribution is 5.86. The minimum atomic E-state index is -0.690. The average Bonchev–Trinajstić information content (AvgIpc) is 1.38. The Morgan fingerprint density at radius 1 is 1.38 bits per heavy atom. The molecule has 0 aliphatic rings. The molecular weight excluding hydrogens is 176 g/mol. The molecule has 0 saturated heterocycles. The van der Waals surface area contributed by atoms with Gasteiger partial charge in [-0.05, 0) is 0 Å². The molecule has 0 rings (SSSR count). The molecule has 0 bridgehead atoms. The van der Waals surface area contributed by atoms with Crippen LogP contribution in [0.15, 0.2) is 0 Å². The van der Waals surface area contributed by atoms with Crippen molar-refractivity contribution in [2.45, 2.75) is 0 Å². The highest BCUT2D eigenvalue weighted by Crippen LogP contribution is 1.42. The van der Waals surface area contributed by atoms with E-state index in [-0.39, 0.29) is 37.2 Å². The summed E-state index contributed by atoms with van der Waals surface area (Å²) in [5.41, 5.74) is 4.40. The number of nitrogens with two attached hydrogens (primary N) is 1. The Morgan fingerprint density at radius 2 is 1.50 bits per heavy atom. The maximum Gasteiger partial charge on any atom is 0.243 e. The van der Waals surface area contributed by atoms with E-state index < -0.39 is 12.5 Å². The Balaban J connectivity index is -0.0000000267. The lowest BCUT2D eigenvalue weighted by molar-refractivity contribution is -0.120. The third-order valence-electron chi connectivity index (χ3n) is 0.156. The van der Waals surface area contributed by atoms with Crippen LogP contribution in [0.2, 0.25) is 0 Å². The molecule has 6 heteroatoms. The van der Waals surface area contributed by atoms with Gasteiger partial charge in [-0.1, -0.05) is 0 Å². The second-order valence-corrected chi connectivity index (χ2v) is 0.624. The number of primary amides is 1. The van der Waals surface area contributed by atoms with Gasteiger partial charge in [0, 0.05) is 0 Å². The molecule has 0 spiro atoms. The molecular formula is C2H8Cl3NO2. The van der Waals surface area contributed by atoms with Crippen LogP contribution in [0.5, 0.6) is 0 Å². The maximum absolute atomic E-state index is 9.34. The Hall–Kier alpha value is 0.300. The monoisotopic (exact) mass is 183 g/mol. The highest BCUT2D eigenvalue weighted by Gasteiger charge is 1.78. The number of hydrogen-bond donors (Lipinski definition) is 2. The molecule has 0 saturated carbocycles. The quantitative estimate of drug-likeness (QED) is 0.589. The molecule has 54 valence electrons. The van der Waals surface area contributed by atoms with Gasteiger partial charge in [-0.15, -0.1) is 37.2 Å². The van der Waals surface area contributed by atoms with Crippen molar-refractivity contribution in [2.75, 3.05) is 6.61 Å². The fourth-order valence-corrected chi connectivity index (χ4v) is 0.